The first-order valence-electron chi connectivity index (χ1n) is 9.61. The number of carbonyl (C=O) groups is 2. The van der Waals surface area contributed by atoms with Crippen molar-refractivity contribution in [2.24, 2.45) is 0 Å². The van der Waals surface area contributed by atoms with Crippen LogP contribution in [0.15, 0.2) is 48.5 Å². The van der Waals surface area contributed by atoms with E-state index in [4.69, 9.17) is 11.6 Å². The summed E-state index contributed by atoms with van der Waals surface area (Å²) in [5, 5.41) is 9.76. The van der Waals surface area contributed by atoms with Gasteiger partial charge in [-0.05, 0) is 36.2 Å². The van der Waals surface area contributed by atoms with Gasteiger partial charge in [0.2, 0.25) is 0 Å². The van der Waals surface area contributed by atoms with Crippen molar-refractivity contribution < 1.29 is 14.7 Å². The molecule has 0 aliphatic carbocycles. The zero-order valence-electron chi connectivity index (χ0n) is 16.1. The third-order valence-corrected chi connectivity index (χ3v) is 4.78. The van der Waals surface area contributed by atoms with Crippen LogP contribution >= 0.6 is 11.6 Å². The van der Waals surface area contributed by atoms with Crippen LogP contribution in [0.2, 0.25) is 5.02 Å². The summed E-state index contributed by atoms with van der Waals surface area (Å²) in [5.74, 6) is 4.30. The number of carbonyl (C=O) groups excluding carboxylic acids is 1. The molecule has 0 aliphatic heterocycles. The van der Waals surface area contributed by atoms with Crippen LogP contribution in [0, 0.1) is 11.8 Å². The lowest BCUT2D eigenvalue weighted by molar-refractivity contribution is -0.137. The van der Waals surface area contributed by atoms with E-state index >= 15 is 0 Å². The number of hydrogen-bond donors (Lipinski definition) is 1. The first kappa shape index (κ1) is 21.7. The maximum atomic E-state index is 12.9. The van der Waals surface area contributed by atoms with Crippen LogP contribution in [0.25, 0.3) is 0 Å². The Balaban J connectivity index is 2.09. The molecule has 3 nitrogen and oxygen atoms in total. The quantitative estimate of drug-likeness (QED) is 0.316. The molecule has 0 spiro atoms. The molecule has 0 radical (unpaired) electrons. The standard InChI is InChI=1S/C24H25ClO3/c1-2-3-4-5-6-7-8-18-9-11-20(12-10-18)24(28)22(17-23(26)27)19-13-15-21(25)16-14-19/h9-16,22H,2-6,17H2,1H3,(H,26,27). The largest absolute Gasteiger partial charge is 0.481 e. The van der Waals surface area contributed by atoms with Crippen molar-refractivity contribution >= 4 is 23.4 Å². The average molecular weight is 397 g/mol. The molecule has 146 valence electrons. The van der Waals surface area contributed by atoms with Gasteiger partial charge in [-0.1, -0.05) is 73.9 Å². The molecule has 0 heterocycles. The molecule has 2 aromatic carbocycles. The van der Waals surface area contributed by atoms with Gasteiger partial charge >= 0.3 is 5.97 Å². The molecule has 2 rings (SSSR count). The first-order valence-corrected chi connectivity index (χ1v) is 9.99. The Morgan fingerprint density at radius 3 is 2.29 bits per heavy atom. The van der Waals surface area contributed by atoms with Gasteiger partial charge in [-0.2, -0.15) is 0 Å². The molecule has 1 N–H and O–H groups in total. The minimum Gasteiger partial charge on any atom is -0.481 e. The van der Waals surface area contributed by atoms with E-state index in [1.165, 1.54) is 19.3 Å². The summed E-state index contributed by atoms with van der Waals surface area (Å²) in [6, 6.07) is 13.8. The highest BCUT2D eigenvalue weighted by Crippen LogP contribution is 2.26. The van der Waals surface area contributed by atoms with Crippen LogP contribution < -0.4 is 0 Å². The van der Waals surface area contributed by atoms with Gasteiger partial charge in [-0.3, -0.25) is 9.59 Å². The van der Waals surface area contributed by atoms with Crippen molar-refractivity contribution in [2.75, 3.05) is 0 Å². The Bertz CT molecular complexity index is 842. The maximum absolute atomic E-state index is 12.9. The van der Waals surface area contributed by atoms with E-state index in [0.717, 1.165) is 18.4 Å². The van der Waals surface area contributed by atoms with E-state index in [-0.39, 0.29) is 12.2 Å². The van der Waals surface area contributed by atoms with Crippen LogP contribution in [0.4, 0.5) is 0 Å². The van der Waals surface area contributed by atoms with Crippen molar-refractivity contribution in [1.82, 2.24) is 0 Å². The minimum atomic E-state index is -1.01. The number of hydrogen-bond acceptors (Lipinski definition) is 2. The van der Waals surface area contributed by atoms with Gasteiger partial charge in [0.05, 0.1) is 12.3 Å². The Morgan fingerprint density at radius 2 is 1.68 bits per heavy atom. The third kappa shape index (κ3) is 6.87. The number of ketones is 1. The summed E-state index contributed by atoms with van der Waals surface area (Å²) in [6.45, 7) is 2.18. The third-order valence-electron chi connectivity index (χ3n) is 4.53. The van der Waals surface area contributed by atoms with E-state index in [2.05, 4.69) is 18.8 Å². The van der Waals surface area contributed by atoms with E-state index in [0.29, 0.717) is 16.1 Å². The van der Waals surface area contributed by atoms with Crippen molar-refractivity contribution in [3.63, 3.8) is 0 Å². The highest BCUT2D eigenvalue weighted by Gasteiger charge is 2.24. The fraction of sp³-hybridized carbons (Fsp3) is 0.333. The Morgan fingerprint density at radius 1 is 1.00 bits per heavy atom. The lowest BCUT2D eigenvalue weighted by Crippen LogP contribution is -2.17. The monoisotopic (exact) mass is 396 g/mol. The fourth-order valence-electron chi connectivity index (χ4n) is 2.96. The van der Waals surface area contributed by atoms with E-state index in [1.807, 2.05) is 12.1 Å². The van der Waals surface area contributed by atoms with Gasteiger partial charge in [0.25, 0.3) is 0 Å². The highest BCUT2D eigenvalue weighted by atomic mass is 35.5. The van der Waals surface area contributed by atoms with Gasteiger partial charge < -0.3 is 5.11 Å². The molecule has 0 aliphatic rings. The van der Waals surface area contributed by atoms with Gasteiger partial charge in [0.15, 0.2) is 5.78 Å². The Labute approximate surface area is 171 Å². The smallest absolute Gasteiger partial charge is 0.304 e. The first-order chi connectivity index (χ1) is 13.5. The molecule has 0 fully saturated rings. The molecule has 0 amide bonds. The number of halogens is 1. The van der Waals surface area contributed by atoms with Crippen molar-refractivity contribution in [3.8, 4) is 11.8 Å². The highest BCUT2D eigenvalue weighted by molar-refractivity contribution is 6.30. The molecule has 0 saturated carbocycles. The fourth-order valence-corrected chi connectivity index (χ4v) is 3.08. The second-order valence-electron chi connectivity index (χ2n) is 6.76. The van der Waals surface area contributed by atoms with Crippen molar-refractivity contribution in [3.05, 3.63) is 70.2 Å². The van der Waals surface area contributed by atoms with Crippen LogP contribution in [0.3, 0.4) is 0 Å². The second kappa shape index (κ2) is 11.3. The molecule has 4 heteroatoms. The molecule has 2 aromatic rings. The number of carboxylic acids is 1. The zero-order valence-corrected chi connectivity index (χ0v) is 16.8. The molecule has 1 atom stereocenters. The van der Waals surface area contributed by atoms with Crippen molar-refractivity contribution in [2.45, 2.75) is 51.4 Å². The summed E-state index contributed by atoms with van der Waals surface area (Å²) < 4.78 is 0. The van der Waals surface area contributed by atoms with Gasteiger partial charge in [0.1, 0.15) is 0 Å². The molecule has 1 unspecified atom stereocenters. The molecule has 0 aromatic heterocycles. The lowest BCUT2D eigenvalue weighted by Gasteiger charge is -2.14. The second-order valence-corrected chi connectivity index (χ2v) is 7.19. The SMILES string of the molecule is CCCCCCC#Cc1ccc(C(=O)C(CC(=O)O)c2ccc(Cl)cc2)cc1. The molecule has 0 bridgehead atoms. The number of aliphatic carboxylic acids is 1. The van der Waals surface area contributed by atoms with E-state index in [9.17, 15) is 14.7 Å². The summed E-state index contributed by atoms with van der Waals surface area (Å²) in [4.78, 5) is 24.2. The number of benzene rings is 2. The number of carboxylic acid groups (broad SMARTS) is 1. The predicted octanol–water partition coefficient (Wildman–Crippen LogP) is 6.10. The van der Waals surface area contributed by atoms with Gasteiger partial charge in [0, 0.05) is 22.6 Å². The summed E-state index contributed by atoms with van der Waals surface area (Å²) in [6.07, 6.45) is 5.37. The van der Waals surface area contributed by atoms with E-state index < -0.39 is 11.9 Å². The number of unbranched alkanes of at least 4 members (excludes halogenated alkanes) is 4. The Kier molecular flexibility index (Phi) is 8.78. The van der Waals surface area contributed by atoms with Gasteiger partial charge in [-0.25, -0.2) is 0 Å². The summed E-state index contributed by atoms with van der Waals surface area (Å²) >= 11 is 5.90. The minimum absolute atomic E-state index is 0.219. The molecule has 0 saturated heterocycles. The van der Waals surface area contributed by atoms with Crippen LogP contribution in [-0.2, 0) is 4.79 Å². The molecule has 28 heavy (non-hydrogen) atoms. The molecular formula is C24H25ClO3. The maximum Gasteiger partial charge on any atom is 0.304 e. The number of Topliss-reactive ketones (excluding diaryl/α,β-unsaturated/α-hetero) is 1. The topological polar surface area (TPSA) is 54.4 Å². The average Bonchev–Trinajstić information content (AvgIpc) is 2.69. The van der Waals surface area contributed by atoms with Crippen LogP contribution in [0.5, 0.6) is 0 Å². The zero-order chi connectivity index (χ0) is 20.4. The summed E-state index contributed by atoms with van der Waals surface area (Å²) in [5.41, 5.74) is 1.98. The van der Waals surface area contributed by atoms with Crippen LogP contribution in [0.1, 0.15) is 72.9 Å². The van der Waals surface area contributed by atoms with Gasteiger partial charge in [-0.15, -0.1) is 0 Å². The van der Waals surface area contributed by atoms with Crippen LogP contribution in [-0.4, -0.2) is 16.9 Å². The van der Waals surface area contributed by atoms with Crippen molar-refractivity contribution in [1.29, 1.82) is 0 Å². The normalized spacial score (nSPS) is 11.4. The number of rotatable bonds is 9. The van der Waals surface area contributed by atoms with E-state index in [1.54, 1.807) is 36.4 Å². The molecular weight excluding hydrogens is 372 g/mol. The summed E-state index contributed by atoms with van der Waals surface area (Å²) in [7, 11) is 0. The predicted molar refractivity (Wildman–Crippen MR) is 113 cm³/mol. The lowest BCUT2D eigenvalue weighted by atomic mass is 9.88. The Hall–Kier alpha value is -2.57.